The molecule has 2 nitrogen and oxygen atoms in total. The van der Waals surface area contributed by atoms with E-state index < -0.39 is 6.10 Å². The summed E-state index contributed by atoms with van der Waals surface area (Å²) in [4.78, 5) is 0. The van der Waals surface area contributed by atoms with Gasteiger partial charge in [-0.25, -0.2) is 0 Å². The molecule has 0 amide bonds. The van der Waals surface area contributed by atoms with Crippen molar-refractivity contribution in [2.75, 3.05) is 18.6 Å². The Bertz CT molecular complexity index is 324. The van der Waals surface area contributed by atoms with Gasteiger partial charge in [-0.2, -0.15) is 11.8 Å². The van der Waals surface area contributed by atoms with Gasteiger partial charge in [0, 0.05) is 5.56 Å². The van der Waals surface area contributed by atoms with Gasteiger partial charge in [-0.15, -0.1) is 0 Å². The highest BCUT2D eigenvalue weighted by atomic mass is 32.2. The highest BCUT2D eigenvalue weighted by Crippen LogP contribution is 2.26. The molecule has 0 saturated carbocycles. The summed E-state index contributed by atoms with van der Waals surface area (Å²) >= 11 is 1.82. The van der Waals surface area contributed by atoms with Crippen molar-refractivity contribution in [3.8, 4) is 5.75 Å². The van der Waals surface area contributed by atoms with Crippen LogP contribution < -0.4 is 4.74 Å². The average Bonchev–Trinajstić information content (AvgIpc) is 2.24. The van der Waals surface area contributed by atoms with Crippen molar-refractivity contribution >= 4 is 11.8 Å². The minimum absolute atomic E-state index is 0.476. The molecule has 0 aliphatic carbocycles. The molecule has 0 fully saturated rings. The number of hydrogen-bond acceptors (Lipinski definition) is 3. The van der Waals surface area contributed by atoms with Crippen LogP contribution in [-0.2, 0) is 0 Å². The summed E-state index contributed by atoms with van der Waals surface area (Å²) in [6.45, 7) is 4.50. The molecular weight excluding hydrogens is 220 g/mol. The SMILES string of the molecule is CSCCCOc1cc(C)ccc1[C@@H](C)O. The first-order valence-corrected chi connectivity index (χ1v) is 6.95. The van der Waals surface area contributed by atoms with Crippen LogP contribution in [0, 0.1) is 6.92 Å². The van der Waals surface area contributed by atoms with Crippen LogP contribution in [0.25, 0.3) is 0 Å². The molecule has 0 aliphatic rings. The fourth-order valence-electron chi connectivity index (χ4n) is 1.50. The number of ether oxygens (including phenoxy) is 1. The number of thioether (sulfide) groups is 1. The molecular formula is C13H20O2S. The zero-order valence-electron chi connectivity index (χ0n) is 10.2. The summed E-state index contributed by atoms with van der Waals surface area (Å²) in [6.07, 6.45) is 2.65. The van der Waals surface area contributed by atoms with Gasteiger partial charge in [0.2, 0.25) is 0 Å². The molecule has 0 spiro atoms. The van der Waals surface area contributed by atoms with Crippen LogP contribution in [0.5, 0.6) is 5.75 Å². The van der Waals surface area contributed by atoms with Crippen molar-refractivity contribution in [2.24, 2.45) is 0 Å². The van der Waals surface area contributed by atoms with Crippen molar-refractivity contribution in [1.82, 2.24) is 0 Å². The maximum Gasteiger partial charge on any atom is 0.125 e. The number of aliphatic hydroxyl groups excluding tert-OH is 1. The molecule has 0 bridgehead atoms. The van der Waals surface area contributed by atoms with Gasteiger partial charge in [0.15, 0.2) is 0 Å². The second kappa shape index (κ2) is 6.81. The lowest BCUT2D eigenvalue weighted by atomic mass is 10.1. The number of aliphatic hydroxyl groups is 1. The summed E-state index contributed by atoms with van der Waals surface area (Å²) < 4.78 is 5.71. The molecule has 1 N–H and O–H groups in total. The lowest BCUT2D eigenvalue weighted by Crippen LogP contribution is -2.03. The van der Waals surface area contributed by atoms with Crippen LogP contribution >= 0.6 is 11.8 Å². The van der Waals surface area contributed by atoms with Crippen molar-refractivity contribution in [2.45, 2.75) is 26.4 Å². The van der Waals surface area contributed by atoms with E-state index in [-0.39, 0.29) is 0 Å². The topological polar surface area (TPSA) is 29.5 Å². The van der Waals surface area contributed by atoms with Crippen LogP contribution in [0.15, 0.2) is 18.2 Å². The van der Waals surface area contributed by atoms with Crippen molar-refractivity contribution < 1.29 is 9.84 Å². The van der Waals surface area contributed by atoms with E-state index in [4.69, 9.17) is 4.74 Å². The van der Waals surface area contributed by atoms with Gasteiger partial charge >= 0.3 is 0 Å². The molecule has 1 rings (SSSR count). The molecule has 0 unspecified atom stereocenters. The Hall–Kier alpha value is -0.670. The number of benzene rings is 1. The normalized spacial score (nSPS) is 12.5. The highest BCUT2D eigenvalue weighted by Gasteiger charge is 2.08. The fraction of sp³-hybridized carbons (Fsp3) is 0.538. The predicted octanol–water partition coefficient (Wildman–Crippen LogP) is 3.18. The smallest absolute Gasteiger partial charge is 0.125 e. The molecule has 90 valence electrons. The Morgan fingerprint density at radius 3 is 2.81 bits per heavy atom. The van der Waals surface area contributed by atoms with E-state index >= 15 is 0 Å². The minimum atomic E-state index is -0.476. The first kappa shape index (κ1) is 13.4. The summed E-state index contributed by atoms with van der Waals surface area (Å²) in [5.41, 5.74) is 2.03. The Labute approximate surface area is 102 Å². The Morgan fingerprint density at radius 1 is 1.44 bits per heavy atom. The molecule has 1 aromatic carbocycles. The van der Waals surface area contributed by atoms with Gasteiger partial charge in [-0.05, 0) is 43.9 Å². The van der Waals surface area contributed by atoms with Gasteiger partial charge in [0.05, 0.1) is 12.7 Å². The predicted molar refractivity (Wildman–Crippen MR) is 70.3 cm³/mol. The summed E-state index contributed by atoms with van der Waals surface area (Å²) in [6, 6.07) is 5.92. The quantitative estimate of drug-likeness (QED) is 0.774. The Balaban J connectivity index is 2.65. The van der Waals surface area contributed by atoms with E-state index in [1.165, 1.54) is 0 Å². The Morgan fingerprint density at radius 2 is 2.19 bits per heavy atom. The van der Waals surface area contributed by atoms with Crippen LogP contribution in [0.4, 0.5) is 0 Å². The molecule has 1 aromatic rings. The van der Waals surface area contributed by atoms with Crippen LogP contribution in [0.2, 0.25) is 0 Å². The van der Waals surface area contributed by atoms with Crippen LogP contribution in [-0.4, -0.2) is 23.7 Å². The standard InChI is InChI=1S/C13H20O2S/c1-10-5-6-12(11(2)14)13(9-10)15-7-4-8-16-3/h5-6,9,11,14H,4,7-8H2,1-3H3/t11-/m1/s1. The highest BCUT2D eigenvalue weighted by molar-refractivity contribution is 7.98. The lowest BCUT2D eigenvalue weighted by Gasteiger charge is -2.14. The lowest BCUT2D eigenvalue weighted by molar-refractivity contribution is 0.191. The van der Waals surface area contributed by atoms with Crippen molar-refractivity contribution in [3.63, 3.8) is 0 Å². The zero-order chi connectivity index (χ0) is 12.0. The minimum Gasteiger partial charge on any atom is -0.493 e. The van der Waals surface area contributed by atoms with Crippen LogP contribution in [0.3, 0.4) is 0 Å². The van der Waals surface area contributed by atoms with E-state index in [2.05, 4.69) is 6.26 Å². The Kier molecular flexibility index (Phi) is 5.71. The molecule has 0 radical (unpaired) electrons. The largest absolute Gasteiger partial charge is 0.493 e. The van der Waals surface area contributed by atoms with Gasteiger partial charge in [-0.3, -0.25) is 0 Å². The van der Waals surface area contributed by atoms with Crippen LogP contribution in [0.1, 0.15) is 30.6 Å². The van der Waals surface area contributed by atoms with E-state index in [9.17, 15) is 5.11 Å². The van der Waals surface area contributed by atoms with Gasteiger partial charge in [0.25, 0.3) is 0 Å². The molecule has 16 heavy (non-hydrogen) atoms. The second-order valence-electron chi connectivity index (χ2n) is 3.91. The van der Waals surface area contributed by atoms with Gasteiger partial charge in [0.1, 0.15) is 5.75 Å². The first-order valence-electron chi connectivity index (χ1n) is 5.55. The number of hydrogen-bond donors (Lipinski definition) is 1. The summed E-state index contributed by atoms with van der Waals surface area (Å²) in [5, 5.41) is 9.61. The van der Waals surface area contributed by atoms with Gasteiger partial charge < -0.3 is 9.84 Å². The third kappa shape index (κ3) is 4.06. The van der Waals surface area contributed by atoms with E-state index in [1.807, 2.05) is 36.9 Å². The van der Waals surface area contributed by atoms with E-state index in [0.29, 0.717) is 6.61 Å². The summed E-state index contributed by atoms with van der Waals surface area (Å²) in [7, 11) is 0. The van der Waals surface area contributed by atoms with Crippen molar-refractivity contribution in [1.29, 1.82) is 0 Å². The number of aryl methyl sites for hydroxylation is 1. The zero-order valence-corrected chi connectivity index (χ0v) is 11.0. The molecule has 0 aliphatic heterocycles. The molecule has 0 saturated heterocycles. The molecule has 0 aromatic heterocycles. The number of rotatable bonds is 6. The molecule has 1 atom stereocenters. The first-order chi connectivity index (χ1) is 7.65. The summed E-state index contributed by atoms with van der Waals surface area (Å²) in [5.74, 6) is 1.92. The molecule has 3 heteroatoms. The van der Waals surface area contributed by atoms with Crippen molar-refractivity contribution in [3.05, 3.63) is 29.3 Å². The van der Waals surface area contributed by atoms with Gasteiger partial charge in [-0.1, -0.05) is 12.1 Å². The monoisotopic (exact) mass is 240 g/mol. The third-order valence-electron chi connectivity index (χ3n) is 2.37. The van der Waals surface area contributed by atoms with E-state index in [1.54, 1.807) is 6.92 Å². The van der Waals surface area contributed by atoms with E-state index in [0.717, 1.165) is 29.1 Å². The third-order valence-corrected chi connectivity index (χ3v) is 3.07. The molecule has 0 heterocycles. The maximum absolute atomic E-state index is 9.61. The average molecular weight is 240 g/mol. The maximum atomic E-state index is 9.61. The fourth-order valence-corrected chi connectivity index (χ4v) is 1.90. The second-order valence-corrected chi connectivity index (χ2v) is 4.90.